The van der Waals surface area contributed by atoms with Gasteiger partial charge in [-0.25, -0.2) is 4.79 Å². The first-order valence-corrected chi connectivity index (χ1v) is 8.54. The second-order valence-corrected chi connectivity index (χ2v) is 5.73. The molecule has 0 aromatic heterocycles. The molecular formula is C20H24N2O3. The molecule has 0 bridgehead atoms. The van der Waals surface area contributed by atoms with Crippen LogP contribution in [0.4, 0.5) is 5.69 Å². The minimum absolute atomic E-state index is 0.223. The molecule has 25 heavy (non-hydrogen) atoms. The molecule has 0 spiro atoms. The van der Waals surface area contributed by atoms with E-state index >= 15 is 0 Å². The fourth-order valence-corrected chi connectivity index (χ4v) is 2.27. The van der Waals surface area contributed by atoms with Crippen LogP contribution in [-0.2, 0) is 0 Å². The number of carboxylic acids is 1. The highest BCUT2D eigenvalue weighted by atomic mass is 16.5. The van der Waals surface area contributed by atoms with Crippen molar-refractivity contribution in [2.24, 2.45) is 5.10 Å². The zero-order valence-electron chi connectivity index (χ0n) is 14.4. The van der Waals surface area contributed by atoms with Crippen molar-refractivity contribution in [2.75, 3.05) is 12.0 Å². The molecule has 0 unspecified atom stereocenters. The number of hydrazone groups is 1. The summed E-state index contributed by atoms with van der Waals surface area (Å²) < 4.78 is 5.70. The average Bonchev–Trinajstić information content (AvgIpc) is 2.63. The van der Waals surface area contributed by atoms with Crippen molar-refractivity contribution in [1.29, 1.82) is 0 Å². The Morgan fingerprint density at radius 2 is 1.96 bits per heavy atom. The van der Waals surface area contributed by atoms with Gasteiger partial charge < -0.3 is 9.84 Å². The quantitative estimate of drug-likeness (QED) is 0.370. The number of aromatic carboxylic acids is 1. The number of hydrogen-bond acceptors (Lipinski definition) is 4. The summed E-state index contributed by atoms with van der Waals surface area (Å²) in [7, 11) is 0. The van der Waals surface area contributed by atoms with E-state index in [0.29, 0.717) is 5.69 Å². The smallest absolute Gasteiger partial charge is 0.335 e. The lowest BCUT2D eigenvalue weighted by Gasteiger charge is -2.06. The van der Waals surface area contributed by atoms with Gasteiger partial charge in [-0.1, -0.05) is 32.3 Å². The van der Waals surface area contributed by atoms with E-state index in [1.165, 1.54) is 31.4 Å². The molecule has 0 fully saturated rings. The number of rotatable bonds is 10. The maximum Gasteiger partial charge on any atom is 0.335 e. The van der Waals surface area contributed by atoms with Crippen molar-refractivity contribution >= 4 is 17.9 Å². The van der Waals surface area contributed by atoms with E-state index < -0.39 is 5.97 Å². The summed E-state index contributed by atoms with van der Waals surface area (Å²) in [5, 5.41) is 13.1. The monoisotopic (exact) mass is 340 g/mol. The number of hydrogen-bond donors (Lipinski definition) is 2. The van der Waals surface area contributed by atoms with E-state index in [1.807, 2.05) is 24.3 Å². The molecule has 0 amide bonds. The van der Waals surface area contributed by atoms with Gasteiger partial charge in [0.05, 0.1) is 24.1 Å². The fraction of sp³-hybridized carbons (Fsp3) is 0.300. The summed E-state index contributed by atoms with van der Waals surface area (Å²) in [5.41, 5.74) is 4.61. The highest BCUT2D eigenvalue weighted by Crippen LogP contribution is 2.13. The molecular weight excluding hydrogens is 316 g/mol. The molecule has 0 saturated heterocycles. The molecule has 2 rings (SSSR count). The third-order valence-corrected chi connectivity index (χ3v) is 3.66. The van der Waals surface area contributed by atoms with Gasteiger partial charge in [0.15, 0.2) is 0 Å². The van der Waals surface area contributed by atoms with Crippen LogP contribution in [-0.4, -0.2) is 23.9 Å². The molecule has 5 heteroatoms. The van der Waals surface area contributed by atoms with E-state index in [2.05, 4.69) is 17.5 Å². The Morgan fingerprint density at radius 1 is 1.16 bits per heavy atom. The Kier molecular flexibility index (Phi) is 7.50. The van der Waals surface area contributed by atoms with Crippen LogP contribution in [0.5, 0.6) is 5.75 Å². The molecule has 0 aliphatic carbocycles. The largest absolute Gasteiger partial charge is 0.494 e. The Hall–Kier alpha value is -2.82. The molecule has 0 aliphatic rings. The number of ether oxygens (including phenoxy) is 1. The van der Waals surface area contributed by atoms with Crippen LogP contribution >= 0.6 is 0 Å². The normalized spacial score (nSPS) is 10.8. The van der Waals surface area contributed by atoms with Crippen LogP contribution in [0, 0.1) is 0 Å². The van der Waals surface area contributed by atoms with Gasteiger partial charge in [0.25, 0.3) is 0 Å². The number of carboxylic acid groups (broad SMARTS) is 1. The van der Waals surface area contributed by atoms with Crippen LogP contribution in [0.2, 0.25) is 0 Å². The molecule has 0 aliphatic heterocycles. The van der Waals surface area contributed by atoms with E-state index in [4.69, 9.17) is 9.84 Å². The topological polar surface area (TPSA) is 70.9 Å². The van der Waals surface area contributed by atoms with Gasteiger partial charge in [-0.15, -0.1) is 0 Å². The van der Waals surface area contributed by atoms with Gasteiger partial charge in [0, 0.05) is 0 Å². The number of carbonyl (C=O) groups is 1. The van der Waals surface area contributed by atoms with E-state index in [-0.39, 0.29) is 5.56 Å². The Morgan fingerprint density at radius 3 is 2.68 bits per heavy atom. The molecule has 2 aromatic carbocycles. The molecule has 5 nitrogen and oxygen atoms in total. The number of benzene rings is 2. The van der Waals surface area contributed by atoms with Gasteiger partial charge in [0.2, 0.25) is 0 Å². The second kappa shape index (κ2) is 10.1. The third-order valence-electron chi connectivity index (χ3n) is 3.66. The van der Waals surface area contributed by atoms with Gasteiger partial charge >= 0.3 is 5.97 Å². The first kappa shape index (κ1) is 18.5. The third kappa shape index (κ3) is 6.67. The molecule has 0 heterocycles. The lowest BCUT2D eigenvalue weighted by molar-refractivity contribution is 0.0697. The molecule has 2 N–H and O–H groups in total. The lowest BCUT2D eigenvalue weighted by atomic mass is 10.2. The number of anilines is 1. The maximum absolute atomic E-state index is 10.9. The van der Waals surface area contributed by atoms with Crippen molar-refractivity contribution in [2.45, 2.75) is 32.6 Å². The van der Waals surface area contributed by atoms with Crippen molar-refractivity contribution < 1.29 is 14.6 Å². The predicted molar refractivity (Wildman–Crippen MR) is 101 cm³/mol. The van der Waals surface area contributed by atoms with Gasteiger partial charge in [-0.2, -0.15) is 5.10 Å². The minimum Gasteiger partial charge on any atom is -0.494 e. The van der Waals surface area contributed by atoms with Crippen LogP contribution in [0.3, 0.4) is 0 Å². The number of nitrogens with zero attached hydrogens (tertiary/aromatic N) is 1. The van der Waals surface area contributed by atoms with E-state index in [1.54, 1.807) is 18.3 Å². The summed E-state index contributed by atoms with van der Waals surface area (Å²) in [6, 6.07) is 14.2. The zero-order chi connectivity index (χ0) is 17.9. The van der Waals surface area contributed by atoms with E-state index in [0.717, 1.165) is 24.3 Å². The lowest BCUT2D eigenvalue weighted by Crippen LogP contribution is -1.98. The number of unbranched alkanes of at least 4 members (excludes halogenated alkanes) is 3. The van der Waals surface area contributed by atoms with Gasteiger partial charge in [-0.05, 0) is 54.4 Å². The van der Waals surface area contributed by atoms with Crippen molar-refractivity contribution in [3.63, 3.8) is 0 Å². The Labute approximate surface area is 148 Å². The predicted octanol–water partition coefficient (Wildman–Crippen LogP) is 4.79. The molecule has 132 valence electrons. The fourth-order valence-electron chi connectivity index (χ4n) is 2.27. The van der Waals surface area contributed by atoms with Gasteiger partial charge in [0.1, 0.15) is 5.75 Å². The summed E-state index contributed by atoms with van der Waals surface area (Å²) in [5.74, 6) is -0.103. The van der Waals surface area contributed by atoms with Crippen molar-refractivity contribution in [1.82, 2.24) is 0 Å². The molecule has 2 aromatic rings. The highest BCUT2D eigenvalue weighted by Gasteiger charge is 2.02. The van der Waals surface area contributed by atoms with Crippen LogP contribution in [0.1, 0.15) is 48.5 Å². The standard InChI is InChI=1S/C20H24N2O3/c1-2-3-4-5-13-25-19-11-9-16(10-12-19)15-21-22-18-8-6-7-17(14-18)20(23)24/h6-12,14-15,22H,2-5,13H2,1H3,(H,23,24)/b21-15-. The van der Waals surface area contributed by atoms with Crippen molar-refractivity contribution in [3.8, 4) is 5.75 Å². The second-order valence-electron chi connectivity index (χ2n) is 5.73. The molecule has 0 radical (unpaired) electrons. The first-order chi connectivity index (χ1) is 12.2. The Balaban J connectivity index is 1.81. The van der Waals surface area contributed by atoms with Crippen molar-refractivity contribution in [3.05, 3.63) is 59.7 Å². The first-order valence-electron chi connectivity index (χ1n) is 8.54. The van der Waals surface area contributed by atoms with Crippen LogP contribution in [0.15, 0.2) is 53.6 Å². The average molecular weight is 340 g/mol. The summed E-state index contributed by atoms with van der Waals surface area (Å²) in [6.07, 6.45) is 6.44. The number of nitrogens with one attached hydrogen (secondary N) is 1. The summed E-state index contributed by atoms with van der Waals surface area (Å²) in [4.78, 5) is 10.9. The highest BCUT2D eigenvalue weighted by molar-refractivity contribution is 5.88. The summed E-state index contributed by atoms with van der Waals surface area (Å²) >= 11 is 0. The van der Waals surface area contributed by atoms with Gasteiger partial charge in [-0.3, -0.25) is 5.43 Å². The minimum atomic E-state index is -0.960. The summed E-state index contributed by atoms with van der Waals surface area (Å²) in [6.45, 7) is 2.94. The van der Waals surface area contributed by atoms with Crippen LogP contribution in [0.25, 0.3) is 0 Å². The maximum atomic E-state index is 10.9. The zero-order valence-corrected chi connectivity index (χ0v) is 14.4. The SMILES string of the molecule is CCCCCCOc1ccc(/C=N\Nc2cccc(C(=O)O)c2)cc1. The Bertz CT molecular complexity index is 696. The molecule has 0 atom stereocenters. The van der Waals surface area contributed by atoms with E-state index in [9.17, 15) is 4.79 Å². The van der Waals surface area contributed by atoms with Crippen LogP contribution < -0.4 is 10.2 Å². The molecule has 0 saturated carbocycles.